The van der Waals surface area contributed by atoms with Gasteiger partial charge >= 0.3 is 0 Å². The zero-order chi connectivity index (χ0) is 5.98. The Hall–Kier alpha value is -0.690. The Labute approximate surface area is 48.3 Å². The molecule has 0 heterocycles. The third-order valence-electron chi connectivity index (χ3n) is 1.66. The number of hydrogen-bond acceptors (Lipinski definition) is 1. The molecule has 0 aliphatic heterocycles. The summed E-state index contributed by atoms with van der Waals surface area (Å²) in [5.74, 6) is 1.51. The third kappa shape index (κ3) is 1.14. The van der Waals surface area contributed by atoms with E-state index in [4.69, 9.17) is 5.53 Å². The van der Waals surface area contributed by atoms with Gasteiger partial charge in [-0.05, 0) is 23.8 Å². The van der Waals surface area contributed by atoms with Gasteiger partial charge in [0.05, 0.1) is 0 Å². The predicted octanol–water partition coefficient (Wildman–Crippen LogP) is 1.95. The van der Waals surface area contributed by atoms with Crippen LogP contribution in [0, 0.1) is 11.8 Å². The Morgan fingerprint density at radius 3 is 2.88 bits per heavy atom. The van der Waals surface area contributed by atoms with Gasteiger partial charge in [-0.2, -0.15) is 0 Å². The highest BCUT2D eigenvalue weighted by Crippen LogP contribution is 2.37. The molecule has 8 heavy (non-hydrogen) atoms. The molecular formula is C5H9N3. The van der Waals surface area contributed by atoms with Gasteiger partial charge < -0.3 is 0 Å². The van der Waals surface area contributed by atoms with Gasteiger partial charge in [-0.1, -0.05) is 12.0 Å². The van der Waals surface area contributed by atoms with Gasteiger partial charge in [0, 0.05) is 11.5 Å². The normalized spacial score (nSPS) is 33.6. The average molecular weight is 111 g/mol. The van der Waals surface area contributed by atoms with Gasteiger partial charge in [-0.15, -0.1) is 0 Å². The summed E-state index contributed by atoms with van der Waals surface area (Å²) < 4.78 is 0. The van der Waals surface area contributed by atoms with Crippen molar-refractivity contribution in [1.29, 1.82) is 0 Å². The molecule has 1 saturated carbocycles. The van der Waals surface area contributed by atoms with E-state index in [1.165, 1.54) is 6.42 Å². The lowest BCUT2D eigenvalue weighted by Gasteiger charge is -1.80. The minimum Gasteiger partial charge on any atom is -0.0937 e. The van der Waals surface area contributed by atoms with Gasteiger partial charge in [0.15, 0.2) is 0 Å². The van der Waals surface area contributed by atoms with Crippen molar-refractivity contribution in [2.24, 2.45) is 17.0 Å². The SMILES string of the molecule is CC1C[C@H]1CN=[N+]=[N-]. The molecule has 0 saturated heterocycles. The van der Waals surface area contributed by atoms with Crippen molar-refractivity contribution in [2.75, 3.05) is 6.54 Å². The zero-order valence-corrected chi connectivity index (χ0v) is 4.91. The Kier molecular flexibility index (Phi) is 1.40. The molecule has 1 aliphatic carbocycles. The van der Waals surface area contributed by atoms with E-state index in [2.05, 4.69) is 16.9 Å². The molecule has 2 atom stereocenters. The van der Waals surface area contributed by atoms with Gasteiger partial charge in [-0.3, -0.25) is 0 Å². The maximum Gasteiger partial charge on any atom is 0.0288 e. The molecular weight excluding hydrogens is 102 g/mol. The Morgan fingerprint density at radius 2 is 2.50 bits per heavy atom. The molecule has 1 rings (SSSR count). The summed E-state index contributed by atoms with van der Waals surface area (Å²) in [6.07, 6.45) is 1.25. The van der Waals surface area contributed by atoms with E-state index in [1.807, 2.05) is 0 Å². The van der Waals surface area contributed by atoms with Crippen molar-refractivity contribution in [2.45, 2.75) is 13.3 Å². The Morgan fingerprint density at radius 1 is 1.88 bits per heavy atom. The lowest BCUT2D eigenvalue weighted by atomic mass is 10.3. The molecule has 0 aromatic rings. The molecule has 0 spiro atoms. The molecule has 3 nitrogen and oxygen atoms in total. The van der Waals surface area contributed by atoms with Crippen LogP contribution in [0.1, 0.15) is 13.3 Å². The summed E-state index contributed by atoms with van der Waals surface area (Å²) in [6.45, 7) is 2.88. The third-order valence-corrected chi connectivity index (χ3v) is 1.66. The van der Waals surface area contributed by atoms with Crippen LogP contribution < -0.4 is 0 Å². The van der Waals surface area contributed by atoms with Crippen molar-refractivity contribution in [3.05, 3.63) is 10.4 Å². The second kappa shape index (κ2) is 2.05. The quantitative estimate of drug-likeness (QED) is 0.297. The maximum absolute atomic E-state index is 7.89. The first-order valence-corrected chi connectivity index (χ1v) is 2.85. The van der Waals surface area contributed by atoms with E-state index in [1.54, 1.807) is 0 Å². The number of hydrogen-bond donors (Lipinski definition) is 0. The van der Waals surface area contributed by atoms with Crippen LogP contribution in [0.3, 0.4) is 0 Å². The first kappa shape index (κ1) is 5.45. The minimum absolute atomic E-state index is 0.700. The number of nitrogens with zero attached hydrogens (tertiary/aromatic N) is 3. The predicted molar refractivity (Wildman–Crippen MR) is 31.3 cm³/mol. The summed E-state index contributed by atoms with van der Waals surface area (Å²) in [5, 5.41) is 3.46. The van der Waals surface area contributed by atoms with Crippen molar-refractivity contribution in [3.63, 3.8) is 0 Å². The van der Waals surface area contributed by atoms with Gasteiger partial charge in [-0.25, -0.2) is 0 Å². The van der Waals surface area contributed by atoms with Gasteiger partial charge in [0.2, 0.25) is 0 Å². The van der Waals surface area contributed by atoms with Gasteiger partial charge in [0.1, 0.15) is 0 Å². The van der Waals surface area contributed by atoms with E-state index in [-0.39, 0.29) is 0 Å². The monoisotopic (exact) mass is 111 g/mol. The molecule has 0 aromatic heterocycles. The van der Waals surface area contributed by atoms with Crippen LogP contribution in [0.25, 0.3) is 10.4 Å². The second-order valence-electron chi connectivity index (χ2n) is 2.39. The Bertz CT molecular complexity index is 126. The standard InChI is InChI=1S/C5H9N3/c1-4-2-5(4)3-7-8-6/h4-5H,2-3H2,1H3/t4?,5-/m0/s1. The highest BCUT2D eigenvalue weighted by Gasteiger charge is 2.31. The summed E-state index contributed by atoms with van der Waals surface area (Å²) in [5.41, 5.74) is 7.89. The average Bonchev–Trinajstić information content (AvgIpc) is 2.42. The first-order valence-electron chi connectivity index (χ1n) is 2.85. The molecule has 3 heteroatoms. The van der Waals surface area contributed by atoms with Crippen molar-refractivity contribution in [1.82, 2.24) is 0 Å². The fraction of sp³-hybridized carbons (Fsp3) is 1.00. The molecule has 0 amide bonds. The summed E-state index contributed by atoms with van der Waals surface area (Å²) in [4.78, 5) is 2.68. The van der Waals surface area contributed by atoms with Crippen LogP contribution in [0.4, 0.5) is 0 Å². The zero-order valence-electron chi connectivity index (χ0n) is 4.91. The van der Waals surface area contributed by atoms with E-state index in [9.17, 15) is 0 Å². The molecule has 1 unspecified atom stereocenters. The smallest absolute Gasteiger partial charge is 0.0288 e. The maximum atomic E-state index is 7.89. The highest BCUT2D eigenvalue weighted by molar-refractivity contribution is 4.83. The highest BCUT2D eigenvalue weighted by atomic mass is 15.1. The lowest BCUT2D eigenvalue weighted by Crippen LogP contribution is -1.80. The lowest BCUT2D eigenvalue weighted by molar-refractivity contribution is 0.757. The van der Waals surface area contributed by atoms with Crippen LogP contribution in [0.5, 0.6) is 0 Å². The van der Waals surface area contributed by atoms with Gasteiger partial charge in [0.25, 0.3) is 0 Å². The topological polar surface area (TPSA) is 48.8 Å². The van der Waals surface area contributed by atoms with E-state index >= 15 is 0 Å². The molecule has 0 bridgehead atoms. The Balaban J connectivity index is 2.13. The molecule has 0 N–H and O–H groups in total. The molecule has 1 fully saturated rings. The molecule has 0 radical (unpaired) electrons. The summed E-state index contributed by atoms with van der Waals surface area (Å²) in [6, 6.07) is 0. The van der Waals surface area contributed by atoms with Crippen LogP contribution >= 0.6 is 0 Å². The fourth-order valence-corrected chi connectivity index (χ4v) is 0.795. The van der Waals surface area contributed by atoms with E-state index in [0.29, 0.717) is 12.5 Å². The number of rotatable bonds is 2. The van der Waals surface area contributed by atoms with Crippen LogP contribution in [-0.2, 0) is 0 Å². The van der Waals surface area contributed by atoms with Crippen molar-refractivity contribution >= 4 is 0 Å². The first-order chi connectivity index (χ1) is 3.84. The minimum atomic E-state index is 0.700. The van der Waals surface area contributed by atoms with Crippen LogP contribution in [0.2, 0.25) is 0 Å². The fourth-order valence-electron chi connectivity index (χ4n) is 0.795. The summed E-state index contributed by atoms with van der Waals surface area (Å²) in [7, 11) is 0. The van der Waals surface area contributed by atoms with Crippen LogP contribution in [0.15, 0.2) is 5.11 Å². The second-order valence-corrected chi connectivity index (χ2v) is 2.39. The molecule has 44 valence electrons. The van der Waals surface area contributed by atoms with Crippen molar-refractivity contribution in [3.8, 4) is 0 Å². The van der Waals surface area contributed by atoms with Crippen LogP contribution in [-0.4, -0.2) is 6.54 Å². The number of azide groups is 1. The summed E-state index contributed by atoms with van der Waals surface area (Å²) >= 11 is 0. The van der Waals surface area contributed by atoms with E-state index in [0.717, 1.165) is 5.92 Å². The van der Waals surface area contributed by atoms with E-state index < -0.39 is 0 Å². The molecule has 0 aromatic carbocycles. The largest absolute Gasteiger partial charge is 0.0937 e. The molecule has 1 aliphatic rings. The van der Waals surface area contributed by atoms with Crippen molar-refractivity contribution < 1.29 is 0 Å².